The molecule has 3 heteroatoms. The van der Waals surface area contributed by atoms with Crippen LogP contribution in [0.3, 0.4) is 0 Å². The van der Waals surface area contributed by atoms with Gasteiger partial charge in [0.1, 0.15) is 0 Å². The van der Waals surface area contributed by atoms with Crippen LogP contribution in [0.1, 0.15) is 36.5 Å². The molecule has 1 aliphatic carbocycles. The Morgan fingerprint density at radius 2 is 2.29 bits per heavy atom. The Kier molecular flexibility index (Phi) is 4.11. The molecule has 1 aromatic rings. The second kappa shape index (κ2) is 5.58. The lowest BCUT2D eigenvalue weighted by Crippen LogP contribution is -2.30. The lowest BCUT2D eigenvalue weighted by molar-refractivity contribution is 0.0944. The normalized spacial score (nSPS) is 23.6. The van der Waals surface area contributed by atoms with Gasteiger partial charge in [0.2, 0.25) is 0 Å². The van der Waals surface area contributed by atoms with Crippen LogP contribution in [-0.4, -0.2) is 12.5 Å². The summed E-state index contributed by atoms with van der Waals surface area (Å²) in [5.41, 5.74) is 0.697. The number of carbonyl (C=O) groups is 1. The molecule has 0 aromatic heterocycles. The minimum atomic E-state index is 0.0139. The van der Waals surface area contributed by atoms with Crippen LogP contribution in [0, 0.1) is 11.8 Å². The Balaban J connectivity index is 1.89. The van der Waals surface area contributed by atoms with Crippen molar-refractivity contribution in [2.45, 2.75) is 31.1 Å². The second-order valence-electron chi connectivity index (χ2n) is 4.93. The molecule has 1 aliphatic rings. The Morgan fingerprint density at radius 3 is 2.94 bits per heavy atom. The van der Waals surface area contributed by atoms with Crippen molar-refractivity contribution in [3.05, 3.63) is 29.8 Å². The van der Waals surface area contributed by atoms with E-state index in [1.54, 1.807) is 6.07 Å². The van der Waals surface area contributed by atoms with E-state index in [9.17, 15) is 4.79 Å². The highest BCUT2D eigenvalue weighted by molar-refractivity contribution is 7.80. The standard InChI is InChI=1S/C14H19NOS/c1-10-4-2-6-12(10)9-15-14(16)11-5-3-7-13(17)8-11/h3,5,7-8,10,12,17H,2,4,6,9H2,1H3,(H,15,16). The van der Waals surface area contributed by atoms with Crippen LogP contribution in [0.15, 0.2) is 29.2 Å². The van der Waals surface area contributed by atoms with Gasteiger partial charge in [0, 0.05) is 17.0 Å². The monoisotopic (exact) mass is 249 g/mol. The maximum absolute atomic E-state index is 11.9. The number of benzene rings is 1. The number of rotatable bonds is 3. The van der Waals surface area contributed by atoms with Gasteiger partial charge in [-0.1, -0.05) is 25.8 Å². The first-order chi connectivity index (χ1) is 8.16. The first-order valence-corrected chi connectivity index (χ1v) is 6.69. The van der Waals surface area contributed by atoms with E-state index in [-0.39, 0.29) is 5.91 Å². The fraction of sp³-hybridized carbons (Fsp3) is 0.500. The van der Waals surface area contributed by atoms with E-state index in [1.165, 1.54) is 19.3 Å². The Morgan fingerprint density at radius 1 is 1.47 bits per heavy atom. The summed E-state index contributed by atoms with van der Waals surface area (Å²) in [4.78, 5) is 12.7. The zero-order chi connectivity index (χ0) is 12.3. The average Bonchev–Trinajstić information content (AvgIpc) is 2.72. The summed E-state index contributed by atoms with van der Waals surface area (Å²) in [5.74, 6) is 1.41. The van der Waals surface area contributed by atoms with Gasteiger partial charge in [0.05, 0.1) is 0 Å². The molecule has 2 rings (SSSR count). The first-order valence-electron chi connectivity index (χ1n) is 6.24. The second-order valence-corrected chi connectivity index (χ2v) is 5.45. The molecular weight excluding hydrogens is 230 g/mol. The van der Waals surface area contributed by atoms with Gasteiger partial charge >= 0.3 is 0 Å². The van der Waals surface area contributed by atoms with Crippen molar-refractivity contribution in [1.29, 1.82) is 0 Å². The lowest BCUT2D eigenvalue weighted by Gasteiger charge is -2.15. The largest absolute Gasteiger partial charge is 0.352 e. The van der Waals surface area contributed by atoms with Crippen molar-refractivity contribution < 1.29 is 4.79 Å². The molecule has 0 bridgehead atoms. The van der Waals surface area contributed by atoms with Gasteiger partial charge in [-0.2, -0.15) is 0 Å². The third-order valence-electron chi connectivity index (χ3n) is 3.67. The van der Waals surface area contributed by atoms with Crippen molar-refractivity contribution >= 4 is 18.5 Å². The molecular formula is C14H19NOS. The van der Waals surface area contributed by atoms with Crippen molar-refractivity contribution in [3.8, 4) is 0 Å². The quantitative estimate of drug-likeness (QED) is 0.792. The van der Waals surface area contributed by atoms with Crippen LogP contribution in [0.5, 0.6) is 0 Å². The van der Waals surface area contributed by atoms with Gasteiger partial charge in [0.15, 0.2) is 0 Å². The van der Waals surface area contributed by atoms with E-state index in [0.29, 0.717) is 11.5 Å². The molecule has 2 unspecified atom stereocenters. The smallest absolute Gasteiger partial charge is 0.251 e. The summed E-state index contributed by atoms with van der Waals surface area (Å²) in [5, 5.41) is 3.03. The van der Waals surface area contributed by atoms with Gasteiger partial charge in [0.25, 0.3) is 5.91 Å². The Bertz CT molecular complexity index is 405. The summed E-state index contributed by atoms with van der Waals surface area (Å²) in [7, 11) is 0. The van der Waals surface area contributed by atoms with Crippen molar-refractivity contribution in [2.24, 2.45) is 11.8 Å². The molecule has 1 aromatic carbocycles. The molecule has 1 amide bonds. The molecule has 0 spiro atoms. The number of carbonyl (C=O) groups excluding carboxylic acids is 1. The van der Waals surface area contributed by atoms with Crippen LogP contribution in [0.25, 0.3) is 0 Å². The predicted octanol–water partition coefficient (Wildman–Crippen LogP) is 3.14. The molecule has 92 valence electrons. The fourth-order valence-corrected chi connectivity index (χ4v) is 2.72. The maximum Gasteiger partial charge on any atom is 0.251 e. The lowest BCUT2D eigenvalue weighted by atomic mass is 9.98. The Hall–Kier alpha value is -0.960. The number of thiol groups is 1. The van der Waals surface area contributed by atoms with Gasteiger partial charge in [-0.15, -0.1) is 12.6 Å². The highest BCUT2D eigenvalue weighted by Crippen LogP contribution is 2.30. The van der Waals surface area contributed by atoms with Gasteiger partial charge < -0.3 is 5.32 Å². The van der Waals surface area contributed by atoms with Gasteiger partial charge in [-0.25, -0.2) is 0 Å². The van der Waals surface area contributed by atoms with Gasteiger partial charge in [-0.05, 0) is 36.5 Å². The van der Waals surface area contributed by atoms with Crippen molar-refractivity contribution in [2.75, 3.05) is 6.54 Å². The van der Waals surface area contributed by atoms with E-state index in [4.69, 9.17) is 0 Å². The van der Waals surface area contributed by atoms with Gasteiger partial charge in [-0.3, -0.25) is 4.79 Å². The molecule has 0 saturated heterocycles. The number of nitrogens with one attached hydrogen (secondary N) is 1. The van der Waals surface area contributed by atoms with Crippen LogP contribution in [0.2, 0.25) is 0 Å². The zero-order valence-electron chi connectivity index (χ0n) is 10.1. The molecule has 17 heavy (non-hydrogen) atoms. The maximum atomic E-state index is 11.9. The number of hydrogen-bond acceptors (Lipinski definition) is 2. The third-order valence-corrected chi connectivity index (χ3v) is 3.95. The molecule has 2 nitrogen and oxygen atoms in total. The zero-order valence-corrected chi connectivity index (χ0v) is 11.0. The van der Waals surface area contributed by atoms with E-state index in [0.717, 1.165) is 17.4 Å². The molecule has 0 heterocycles. The van der Waals surface area contributed by atoms with E-state index in [1.807, 2.05) is 18.2 Å². The fourth-order valence-electron chi connectivity index (χ4n) is 2.50. The van der Waals surface area contributed by atoms with Crippen LogP contribution >= 0.6 is 12.6 Å². The molecule has 1 saturated carbocycles. The highest BCUT2D eigenvalue weighted by atomic mass is 32.1. The summed E-state index contributed by atoms with van der Waals surface area (Å²) < 4.78 is 0. The number of amides is 1. The highest BCUT2D eigenvalue weighted by Gasteiger charge is 2.23. The SMILES string of the molecule is CC1CCCC1CNC(=O)c1cccc(S)c1. The average molecular weight is 249 g/mol. The first kappa shape index (κ1) is 12.5. The molecule has 2 atom stereocenters. The van der Waals surface area contributed by atoms with E-state index in [2.05, 4.69) is 24.9 Å². The van der Waals surface area contributed by atoms with Crippen LogP contribution < -0.4 is 5.32 Å². The summed E-state index contributed by atoms with van der Waals surface area (Å²) in [6.45, 7) is 3.08. The molecule has 1 N–H and O–H groups in total. The summed E-state index contributed by atoms with van der Waals surface area (Å²) in [6, 6.07) is 7.36. The Labute approximate surface area is 108 Å². The predicted molar refractivity (Wildman–Crippen MR) is 72.5 cm³/mol. The molecule has 0 radical (unpaired) electrons. The topological polar surface area (TPSA) is 29.1 Å². The van der Waals surface area contributed by atoms with Crippen molar-refractivity contribution in [1.82, 2.24) is 5.32 Å². The van der Waals surface area contributed by atoms with E-state index >= 15 is 0 Å². The third kappa shape index (κ3) is 3.25. The minimum absolute atomic E-state index is 0.0139. The van der Waals surface area contributed by atoms with E-state index < -0.39 is 0 Å². The van der Waals surface area contributed by atoms with Crippen LogP contribution in [-0.2, 0) is 0 Å². The summed E-state index contributed by atoms with van der Waals surface area (Å²) in [6.07, 6.45) is 3.84. The van der Waals surface area contributed by atoms with Crippen LogP contribution in [0.4, 0.5) is 0 Å². The summed E-state index contributed by atoms with van der Waals surface area (Å²) >= 11 is 4.24. The number of hydrogen-bond donors (Lipinski definition) is 2. The minimum Gasteiger partial charge on any atom is -0.352 e. The molecule has 0 aliphatic heterocycles. The molecule has 1 fully saturated rings. The van der Waals surface area contributed by atoms with Crippen molar-refractivity contribution in [3.63, 3.8) is 0 Å².